The highest BCUT2D eigenvalue weighted by molar-refractivity contribution is 5.99. The molecule has 0 radical (unpaired) electrons. The molecule has 0 aliphatic heterocycles. The van der Waals surface area contributed by atoms with E-state index in [2.05, 4.69) is 31.5 Å². The minimum atomic E-state index is 0.974. The van der Waals surface area contributed by atoms with Gasteiger partial charge in [0.25, 0.3) is 0 Å². The second kappa shape index (κ2) is 4.98. The molecular formula is C9H15N. The average Bonchev–Trinajstić information content (AvgIpc) is 1.99. The Morgan fingerprint density at radius 1 is 1.60 bits per heavy atom. The highest BCUT2D eigenvalue weighted by Crippen LogP contribution is 2.00. The lowest BCUT2D eigenvalue weighted by atomic mass is 10.1. The van der Waals surface area contributed by atoms with Crippen LogP contribution < -0.4 is 0 Å². The van der Waals surface area contributed by atoms with E-state index >= 15 is 0 Å². The number of hydrogen-bond donors (Lipinski definition) is 0. The standard InChI is InChI=1S/C9H15N/c1-5-8(4)9(6-2)10-7-3/h5,7H,3,6H2,1-2,4H3/b8-5-,10-9?. The quantitative estimate of drug-likeness (QED) is 0.530. The molecule has 0 saturated carbocycles. The van der Waals surface area contributed by atoms with E-state index in [1.165, 1.54) is 5.57 Å². The smallest absolute Gasteiger partial charge is 0.0426 e. The van der Waals surface area contributed by atoms with Crippen molar-refractivity contribution in [1.82, 2.24) is 0 Å². The molecule has 0 N–H and O–H groups in total. The van der Waals surface area contributed by atoms with E-state index in [-0.39, 0.29) is 0 Å². The van der Waals surface area contributed by atoms with Gasteiger partial charge >= 0.3 is 0 Å². The molecule has 1 heteroatoms. The van der Waals surface area contributed by atoms with Gasteiger partial charge in [-0.2, -0.15) is 0 Å². The Morgan fingerprint density at radius 2 is 2.20 bits per heavy atom. The van der Waals surface area contributed by atoms with Crippen LogP contribution in [0, 0.1) is 0 Å². The maximum absolute atomic E-state index is 4.13. The van der Waals surface area contributed by atoms with Gasteiger partial charge in [-0.3, -0.25) is 4.99 Å². The summed E-state index contributed by atoms with van der Waals surface area (Å²) in [6.45, 7) is 9.72. The minimum Gasteiger partial charge on any atom is -0.262 e. The monoisotopic (exact) mass is 137 g/mol. The molecule has 0 aliphatic rings. The summed E-state index contributed by atoms with van der Waals surface area (Å²) < 4.78 is 0. The van der Waals surface area contributed by atoms with Crippen LogP contribution in [0.5, 0.6) is 0 Å². The Hall–Kier alpha value is -0.850. The summed E-state index contributed by atoms with van der Waals surface area (Å²) in [5.41, 5.74) is 2.36. The number of allylic oxidation sites excluding steroid dienone is 2. The third-order valence-corrected chi connectivity index (χ3v) is 1.47. The van der Waals surface area contributed by atoms with Gasteiger partial charge in [0.1, 0.15) is 0 Å². The highest BCUT2D eigenvalue weighted by Gasteiger charge is 1.94. The third-order valence-electron chi connectivity index (χ3n) is 1.47. The lowest BCUT2D eigenvalue weighted by molar-refractivity contribution is 1.25. The van der Waals surface area contributed by atoms with Gasteiger partial charge in [-0.15, -0.1) is 0 Å². The predicted molar refractivity (Wildman–Crippen MR) is 47.4 cm³/mol. The topological polar surface area (TPSA) is 12.4 Å². The first-order chi connectivity index (χ1) is 4.76. The van der Waals surface area contributed by atoms with Gasteiger partial charge in [0.2, 0.25) is 0 Å². The van der Waals surface area contributed by atoms with Gasteiger partial charge in [-0.05, 0) is 25.8 Å². The Kier molecular flexibility index (Phi) is 4.55. The molecule has 10 heavy (non-hydrogen) atoms. The second-order valence-corrected chi connectivity index (χ2v) is 2.08. The lowest BCUT2D eigenvalue weighted by Crippen LogP contribution is -1.96. The Morgan fingerprint density at radius 3 is 2.50 bits per heavy atom. The normalized spacial score (nSPS) is 13.5. The maximum Gasteiger partial charge on any atom is 0.0426 e. The number of rotatable bonds is 3. The molecule has 0 atom stereocenters. The van der Waals surface area contributed by atoms with Crippen molar-refractivity contribution in [2.24, 2.45) is 4.99 Å². The Balaban J connectivity index is 4.35. The minimum absolute atomic E-state index is 0.974. The molecule has 0 amide bonds. The Bertz CT molecular complexity index is 164. The highest BCUT2D eigenvalue weighted by atomic mass is 14.7. The molecule has 56 valence electrons. The molecular weight excluding hydrogens is 122 g/mol. The van der Waals surface area contributed by atoms with Crippen molar-refractivity contribution in [3.63, 3.8) is 0 Å². The summed E-state index contributed by atoms with van der Waals surface area (Å²) in [6.07, 6.45) is 4.62. The van der Waals surface area contributed by atoms with Crippen LogP contribution in [-0.4, -0.2) is 5.71 Å². The van der Waals surface area contributed by atoms with E-state index in [0.717, 1.165) is 12.1 Å². The van der Waals surface area contributed by atoms with Crippen molar-refractivity contribution in [1.29, 1.82) is 0 Å². The molecule has 0 aromatic carbocycles. The fourth-order valence-corrected chi connectivity index (χ4v) is 0.749. The summed E-state index contributed by atoms with van der Waals surface area (Å²) in [5, 5.41) is 0. The predicted octanol–water partition coefficient (Wildman–Crippen LogP) is 2.95. The van der Waals surface area contributed by atoms with Crippen LogP contribution in [-0.2, 0) is 0 Å². The molecule has 0 heterocycles. The summed E-state index contributed by atoms with van der Waals surface area (Å²) in [4.78, 5) is 4.13. The van der Waals surface area contributed by atoms with Crippen molar-refractivity contribution < 1.29 is 0 Å². The fourth-order valence-electron chi connectivity index (χ4n) is 0.749. The number of aliphatic imine (C=N–C) groups is 1. The van der Waals surface area contributed by atoms with E-state index in [1.54, 1.807) is 6.20 Å². The molecule has 0 aromatic rings. The van der Waals surface area contributed by atoms with Crippen molar-refractivity contribution in [3.8, 4) is 0 Å². The lowest BCUT2D eigenvalue weighted by Gasteiger charge is -1.99. The zero-order chi connectivity index (χ0) is 7.98. The summed E-state index contributed by atoms with van der Waals surface area (Å²) in [6, 6.07) is 0. The first-order valence-corrected chi connectivity index (χ1v) is 3.57. The molecule has 0 fully saturated rings. The van der Waals surface area contributed by atoms with Crippen LogP contribution in [0.1, 0.15) is 27.2 Å². The number of nitrogens with zero attached hydrogens (tertiary/aromatic N) is 1. The molecule has 0 bridgehead atoms. The summed E-state index contributed by atoms with van der Waals surface area (Å²) >= 11 is 0. The van der Waals surface area contributed by atoms with Crippen LogP contribution in [0.4, 0.5) is 0 Å². The first-order valence-electron chi connectivity index (χ1n) is 3.57. The largest absolute Gasteiger partial charge is 0.262 e. The van der Waals surface area contributed by atoms with Gasteiger partial charge in [0, 0.05) is 11.9 Å². The first kappa shape index (κ1) is 9.15. The Labute approximate surface area is 63.2 Å². The number of hydrogen-bond acceptors (Lipinski definition) is 1. The van der Waals surface area contributed by atoms with Gasteiger partial charge < -0.3 is 0 Å². The van der Waals surface area contributed by atoms with Gasteiger partial charge in [0.05, 0.1) is 0 Å². The van der Waals surface area contributed by atoms with E-state index in [0.29, 0.717) is 0 Å². The van der Waals surface area contributed by atoms with Crippen molar-refractivity contribution in [3.05, 3.63) is 24.4 Å². The molecule has 0 saturated heterocycles. The molecule has 0 spiro atoms. The molecule has 0 aromatic heterocycles. The van der Waals surface area contributed by atoms with Crippen LogP contribution >= 0.6 is 0 Å². The van der Waals surface area contributed by atoms with Crippen LogP contribution in [0.15, 0.2) is 29.4 Å². The van der Waals surface area contributed by atoms with Crippen LogP contribution in [0.2, 0.25) is 0 Å². The van der Waals surface area contributed by atoms with Crippen molar-refractivity contribution in [2.45, 2.75) is 27.2 Å². The molecule has 0 unspecified atom stereocenters. The fraction of sp³-hybridized carbons (Fsp3) is 0.444. The zero-order valence-corrected chi connectivity index (χ0v) is 7.02. The SMILES string of the molecule is C=CN=C(CC)/C(C)=C\C. The molecule has 0 aliphatic carbocycles. The molecule has 0 rings (SSSR count). The molecule has 1 nitrogen and oxygen atoms in total. The van der Waals surface area contributed by atoms with E-state index < -0.39 is 0 Å². The summed E-state index contributed by atoms with van der Waals surface area (Å²) in [5.74, 6) is 0. The van der Waals surface area contributed by atoms with Crippen molar-refractivity contribution in [2.75, 3.05) is 0 Å². The van der Waals surface area contributed by atoms with Crippen molar-refractivity contribution >= 4 is 5.71 Å². The van der Waals surface area contributed by atoms with E-state index in [9.17, 15) is 0 Å². The zero-order valence-electron chi connectivity index (χ0n) is 7.02. The van der Waals surface area contributed by atoms with Crippen LogP contribution in [0.3, 0.4) is 0 Å². The van der Waals surface area contributed by atoms with Gasteiger partial charge in [0.15, 0.2) is 0 Å². The van der Waals surface area contributed by atoms with Gasteiger partial charge in [-0.1, -0.05) is 19.6 Å². The average molecular weight is 137 g/mol. The van der Waals surface area contributed by atoms with E-state index in [1.807, 2.05) is 6.92 Å². The maximum atomic E-state index is 4.13. The van der Waals surface area contributed by atoms with Crippen LogP contribution in [0.25, 0.3) is 0 Å². The van der Waals surface area contributed by atoms with Gasteiger partial charge in [-0.25, -0.2) is 0 Å². The third kappa shape index (κ3) is 2.62. The second-order valence-electron chi connectivity index (χ2n) is 2.08. The van der Waals surface area contributed by atoms with E-state index in [4.69, 9.17) is 0 Å². The summed E-state index contributed by atoms with van der Waals surface area (Å²) in [7, 11) is 0.